The van der Waals surface area contributed by atoms with E-state index in [9.17, 15) is 15.3 Å². The Kier molecular flexibility index (Phi) is 5.28. The van der Waals surface area contributed by atoms with Crippen LogP contribution in [0.15, 0.2) is 36.0 Å². The molecule has 30 heavy (non-hydrogen) atoms. The lowest BCUT2D eigenvalue weighted by molar-refractivity contribution is -0.136. The monoisotopic (exact) mass is 435 g/mol. The number of H-pyrrole nitrogens is 1. The van der Waals surface area contributed by atoms with Crippen molar-refractivity contribution in [1.29, 1.82) is 0 Å². The number of aliphatic hydroxyl groups excluding tert-OH is 2. The Balaban J connectivity index is 1.72. The lowest BCUT2D eigenvalue weighted by Gasteiger charge is -2.32. The lowest BCUT2D eigenvalue weighted by Crippen LogP contribution is -2.45. The van der Waals surface area contributed by atoms with Gasteiger partial charge in [-0.05, 0) is 31.0 Å². The number of nitrogens with zero attached hydrogens (tertiary/aromatic N) is 4. The number of benzene rings is 1. The molecule has 1 aliphatic rings. The molecule has 10 nitrogen and oxygen atoms in total. The van der Waals surface area contributed by atoms with Crippen LogP contribution in [0, 0.1) is 6.92 Å². The van der Waals surface area contributed by atoms with Gasteiger partial charge in [0.1, 0.15) is 31.0 Å². The van der Waals surface area contributed by atoms with Gasteiger partial charge in [0.05, 0.1) is 12.7 Å². The Hall–Kier alpha value is -2.50. The molecule has 2 aromatic heterocycles. The summed E-state index contributed by atoms with van der Waals surface area (Å²) in [6.45, 7) is 3.34. The zero-order valence-electron chi connectivity index (χ0n) is 16.5. The van der Waals surface area contributed by atoms with Crippen LogP contribution < -0.4 is 5.49 Å². The van der Waals surface area contributed by atoms with Crippen LogP contribution in [0.2, 0.25) is 5.02 Å². The van der Waals surface area contributed by atoms with Crippen molar-refractivity contribution in [3.05, 3.63) is 52.5 Å². The van der Waals surface area contributed by atoms with E-state index in [0.29, 0.717) is 27.2 Å². The van der Waals surface area contributed by atoms with E-state index >= 15 is 0 Å². The second kappa shape index (κ2) is 7.64. The molecule has 0 saturated carbocycles. The van der Waals surface area contributed by atoms with Gasteiger partial charge in [0.15, 0.2) is 17.4 Å². The molecular formula is C19H22ClN5O5. The smallest absolute Gasteiger partial charge is 0.200 e. The lowest BCUT2D eigenvalue weighted by atomic mass is 9.86. The van der Waals surface area contributed by atoms with Gasteiger partial charge in [-0.25, -0.2) is 9.97 Å². The Morgan fingerprint density at radius 2 is 2.07 bits per heavy atom. The zero-order valence-corrected chi connectivity index (χ0v) is 17.3. The molecule has 160 valence electrons. The van der Waals surface area contributed by atoms with Crippen LogP contribution in [0.1, 0.15) is 24.3 Å². The predicted octanol–water partition coefficient (Wildman–Crippen LogP) is 0.710. The summed E-state index contributed by atoms with van der Waals surface area (Å²) in [5, 5.41) is 37.0. The van der Waals surface area contributed by atoms with Crippen molar-refractivity contribution >= 4 is 22.8 Å². The summed E-state index contributed by atoms with van der Waals surface area (Å²) in [7, 11) is 1.41. The molecule has 0 spiro atoms. The summed E-state index contributed by atoms with van der Waals surface area (Å²) >= 11 is 6.09. The van der Waals surface area contributed by atoms with E-state index in [0.717, 1.165) is 5.56 Å². The Morgan fingerprint density at radius 3 is 2.77 bits per heavy atom. The SMILES string of the molecule is CO/N=c1\[nH]cnc2c1ncn2[C@@H]1O[C@H]([C@](C)(O)c2ccc(Cl)c(C)c2)[C@@H](O)[C@H]1O. The summed E-state index contributed by atoms with van der Waals surface area (Å²) in [5.74, 6) is 0. The Labute approximate surface area is 176 Å². The molecule has 3 aromatic rings. The van der Waals surface area contributed by atoms with Crippen molar-refractivity contribution in [1.82, 2.24) is 19.5 Å². The molecule has 0 amide bonds. The topological polar surface area (TPSA) is 138 Å². The molecule has 1 aliphatic heterocycles. The second-order valence-electron chi connectivity index (χ2n) is 7.39. The maximum Gasteiger partial charge on any atom is 0.200 e. The molecule has 11 heteroatoms. The molecule has 5 atom stereocenters. The Morgan fingerprint density at radius 1 is 1.30 bits per heavy atom. The van der Waals surface area contributed by atoms with E-state index in [4.69, 9.17) is 21.2 Å². The number of rotatable bonds is 4. The number of nitrogens with one attached hydrogen (secondary N) is 1. The fourth-order valence-corrected chi connectivity index (χ4v) is 3.81. The highest BCUT2D eigenvalue weighted by Crippen LogP contribution is 2.40. The number of halogens is 1. The van der Waals surface area contributed by atoms with Gasteiger partial charge in [0.25, 0.3) is 0 Å². The van der Waals surface area contributed by atoms with Crippen LogP contribution in [0.3, 0.4) is 0 Å². The van der Waals surface area contributed by atoms with Gasteiger partial charge < -0.3 is 29.9 Å². The predicted molar refractivity (Wildman–Crippen MR) is 106 cm³/mol. The first kappa shape index (κ1) is 20.8. The van der Waals surface area contributed by atoms with Crippen LogP contribution in [0.25, 0.3) is 11.2 Å². The molecule has 0 aliphatic carbocycles. The maximum absolute atomic E-state index is 11.2. The average molecular weight is 436 g/mol. The minimum atomic E-state index is -1.60. The molecule has 0 unspecified atom stereocenters. The summed E-state index contributed by atoms with van der Waals surface area (Å²) in [6, 6.07) is 5.05. The van der Waals surface area contributed by atoms with Crippen LogP contribution in [-0.4, -0.2) is 60.3 Å². The first-order valence-electron chi connectivity index (χ1n) is 9.23. The summed E-state index contributed by atoms with van der Waals surface area (Å²) < 4.78 is 7.44. The number of fused-ring (bicyclic) bond motifs is 1. The minimum Gasteiger partial charge on any atom is -0.397 e. The fourth-order valence-electron chi connectivity index (χ4n) is 3.70. The van der Waals surface area contributed by atoms with Crippen molar-refractivity contribution in [3.63, 3.8) is 0 Å². The van der Waals surface area contributed by atoms with Crippen molar-refractivity contribution in [3.8, 4) is 0 Å². The first-order chi connectivity index (χ1) is 14.3. The summed E-state index contributed by atoms with van der Waals surface area (Å²) in [6.07, 6.45) is -2.02. The quantitative estimate of drug-likeness (QED) is 0.443. The molecule has 1 fully saturated rings. The largest absolute Gasteiger partial charge is 0.397 e. The van der Waals surface area contributed by atoms with E-state index in [2.05, 4.69) is 20.1 Å². The van der Waals surface area contributed by atoms with Gasteiger partial charge in [0, 0.05) is 5.02 Å². The van der Waals surface area contributed by atoms with Crippen molar-refractivity contribution in [2.75, 3.05) is 7.11 Å². The summed E-state index contributed by atoms with van der Waals surface area (Å²) in [4.78, 5) is 16.1. The number of aromatic amines is 1. The molecule has 0 radical (unpaired) electrons. The third-order valence-corrected chi connectivity index (χ3v) is 5.80. The molecule has 0 bridgehead atoms. The van der Waals surface area contributed by atoms with Crippen LogP contribution in [-0.2, 0) is 15.2 Å². The number of hydrogen-bond donors (Lipinski definition) is 4. The van der Waals surface area contributed by atoms with Crippen LogP contribution in [0.5, 0.6) is 0 Å². The normalized spacial score (nSPS) is 26.8. The van der Waals surface area contributed by atoms with Crippen LogP contribution >= 0.6 is 11.6 Å². The van der Waals surface area contributed by atoms with E-state index in [-0.39, 0.29) is 0 Å². The number of aromatic nitrogens is 4. The van der Waals surface area contributed by atoms with E-state index < -0.39 is 30.1 Å². The first-order valence-corrected chi connectivity index (χ1v) is 9.61. The van der Waals surface area contributed by atoms with Gasteiger partial charge >= 0.3 is 0 Å². The second-order valence-corrected chi connectivity index (χ2v) is 7.80. The number of hydrogen-bond acceptors (Lipinski definition) is 8. The summed E-state index contributed by atoms with van der Waals surface area (Å²) in [5.41, 5.74) is 0.782. The van der Waals surface area contributed by atoms with Gasteiger partial charge in [-0.15, -0.1) is 0 Å². The van der Waals surface area contributed by atoms with E-state index in [1.54, 1.807) is 18.2 Å². The average Bonchev–Trinajstić information content (AvgIpc) is 3.27. The van der Waals surface area contributed by atoms with Crippen molar-refractivity contribution in [2.45, 2.75) is 44.0 Å². The third-order valence-electron chi connectivity index (χ3n) is 5.37. The molecule has 4 rings (SSSR count). The fraction of sp³-hybridized carbons (Fsp3) is 0.421. The van der Waals surface area contributed by atoms with Gasteiger partial charge in [0.2, 0.25) is 5.49 Å². The van der Waals surface area contributed by atoms with Crippen molar-refractivity contribution in [2.24, 2.45) is 5.16 Å². The number of imidazole rings is 1. The van der Waals surface area contributed by atoms with E-state index in [1.165, 1.54) is 31.3 Å². The van der Waals surface area contributed by atoms with Crippen LogP contribution in [0.4, 0.5) is 0 Å². The molecule has 1 aromatic carbocycles. The standard InChI is InChI=1S/C19H22ClN5O5/c1-9-6-10(4-5-11(9)20)19(2,28)15-13(26)14(27)18(30-15)25-8-23-12-16(24-29-3)21-7-22-17(12)25/h4-8,13-15,18,26-28H,1-3H3,(H,21,22,24)/t13-,14+,15-,18+,19+/m0/s1. The molecule has 3 heterocycles. The Bertz CT molecular complexity index is 1140. The maximum atomic E-state index is 11.2. The highest BCUT2D eigenvalue weighted by molar-refractivity contribution is 6.31. The molecule has 4 N–H and O–H groups in total. The highest BCUT2D eigenvalue weighted by atomic mass is 35.5. The highest BCUT2D eigenvalue weighted by Gasteiger charge is 2.52. The molecule has 1 saturated heterocycles. The van der Waals surface area contributed by atoms with Gasteiger partial charge in [-0.2, -0.15) is 0 Å². The van der Waals surface area contributed by atoms with E-state index in [1.807, 2.05) is 6.92 Å². The number of ether oxygens (including phenoxy) is 1. The van der Waals surface area contributed by atoms with Gasteiger partial charge in [-0.3, -0.25) is 4.57 Å². The number of aliphatic hydroxyl groups is 3. The molecular weight excluding hydrogens is 414 g/mol. The third kappa shape index (κ3) is 3.26. The zero-order chi connectivity index (χ0) is 21.6. The minimum absolute atomic E-state index is 0.342. The van der Waals surface area contributed by atoms with Gasteiger partial charge in [-0.1, -0.05) is 28.9 Å². The van der Waals surface area contributed by atoms with Crippen molar-refractivity contribution < 1.29 is 24.9 Å². The number of aryl methyl sites for hydroxylation is 1.